The summed E-state index contributed by atoms with van der Waals surface area (Å²) >= 11 is 0. The van der Waals surface area contributed by atoms with Crippen LogP contribution in [0, 0.1) is 0 Å². The van der Waals surface area contributed by atoms with Crippen LogP contribution in [0.15, 0.2) is 35.1 Å². The van der Waals surface area contributed by atoms with E-state index in [-0.39, 0.29) is 17.9 Å². The Morgan fingerprint density at radius 3 is 2.59 bits per heavy atom. The average molecular weight is 369 g/mol. The highest BCUT2D eigenvalue weighted by atomic mass is 16.3. The first kappa shape index (κ1) is 17.5. The standard InChI is InChI=1S/C19H23N5O3/c25-17(21-14-4-1-2-5-14)15-7-8-20-19(22-15)24-11-9-23(10-12-24)18(26)16-6-3-13-27-16/h3,6-8,13-14H,1-2,4-5,9-12H2,(H,21,25). The van der Waals surface area contributed by atoms with Gasteiger partial charge in [0, 0.05) is 38.4 Å². The smallest absolute Gasteiger partial charge is 0.289 e. The van der Waals surface area contributed by atoms with E-state index in [1.165, 1.54) is 19.1 Å². The maximum Gasteiger partial charge on any atom is 0.289 e. The van der Waals surface area contributed by atoms with Crippen molar-refractivity contribution < 1.29 is 14.0 Å². The Balaban J connectivity index is 1.37. The molecule has 0 radical (unpaired) electrons. The van der Waals surface area contributed by atoms with Crippen molar-refractivity contribution in [2.45, 2.75) is 31.7 Å². The summed E-state index contributed by atoms with van der Waals surface area (Å²) in [7, 11) is 0. The van der Waals surface area contributed by atoms with Crippen LogP contribution < -0.4 is 10.2 Å². The summed E-state index contributed by atoms with van der Waals surface area (Å²) in [5.74, 6) is 0.631. The lowest BCUT2D eigenvalue weighted by Gasteiger charge is -2.34. The zero-order valence-corrected chi connectivity index (χ0v) is 15.1. The van der Waals surface area contributed by atoms with Crippen molar-refractivity contribution in [3.63, 3.8) is 0 Å². The predicted molar refractivity (Wildman–Crippen MR) is 98.6 cm³/mol. The topological polar surface area (TPSA) is 91.6 Å². The first-order valence-corrected chi connectivity index (χ1v) is 9.42. The van der Waals surface area contributed by atoms with E-state index in [2.05, 4.69) is 15.3 Å². The van der Waals surface area contributed by atoms with Crippen molar-refractivity contribution >= 4 is 17.8 Å². The molecule has 1 aliphatic heterocycles. The number of nitrogens with zero attached hydrogens (tertiary/aromatic N) is 4. The van der Waals surface area contributed by atoms with Gasteiger partial charge in [0.2, 0.25) is 5.95 Å². The number of furan rings is 1. The normalized spacial score (nSPS) is 17.9. The van der Waals surface area contributed by atoms with E-state index in [4.69, 9.17) is 4.42 Å². The van der Waals surface area contributed by atoms with Gasteiger partial charge in [0.15, 0.2) is 5.76 Å². The molecule has 142 valence electrons. The van der Waals surface area contributed by atoms with Gasteiger partial charge in [-0.2, -0.15) is 0 Å². The van der Waals surface area contributed by atoms with Crippen LogP contribution in [0.1, 0.15) is 46.7 Å². The Bertz CT molecular complexity index is 793. The summed E-state index contributed by atoms with van der Waals surface area (Å²) in [5, 5.41) is 3.05. The summed E-state index contributed by atoms with van der Waals surface area (Å²) in [4.78, 5) is 37.3. The highest BCUT2D eigenvalue weighted by Gasteiger charge is 2.25. The second kappa shape index (κ2) is 7.77. The molecule has 0 atom stereocenters. The van der Waals surface area contributed by atoms with E-state index >= 15 is 0 Å². The number of amides is 2. The Morgan fingerprint density at radius 2 is 1.89 bits per heavy atom. The zero-order valence-electron chi connectivity index (χ0n) is 15.1. The molecule has 27 heavy (non-hydrogen) atoms. The van der Waals surface area contributed by atoms with Gasteiger partial charge in [-0.25, -0.2) is 9.97 Å². The predicted octanol–water partition coefficient (Wildman–Crippen LogP) is 1.70. The Kier molecular flexibility index (Phi) is 5.04. The fourth-order valence-electron chi connectivity index (χ4n) is 3.62. The Morgan fingerprint density at radius 1 is 1.11 bits per heavy atom. The molecule has 8 nitrogen and oxygen atoms in total. The van der Waals surface area contributed by atoms with Crippen LogP contribution in [-0.2, 0) is 0 Å². The first-order chi connectivity index (χ1) is 13.2. The molecule has 2 aromatic rings. The molecule has 2 aliphatic rings. The van der Waals surface area contributed by atoms with Crippen LogP contribution in [0.25, 0.3) is 0 Å². The van der Waals surface area contributed by atoms with Crippen LogP contribution >= 0.6 is 0 Å². The third-order valence-electron chi connectivity index (χ3n) is 5.15. The molecule has 1 saturated carbocycles. The molecule has 2 aromatic heterocycles. The van der Waals surface area contributed by atoms with Gasteiger partial charge in [-0.1, -0.05) is 12.8 Å². The van der Waals surface area contributed by atoms with Crippen LogP contribution in [0.2, 0.25) is 0 Å². The summed E-state index contributed by atoms with van der Waals surface area (Å²) in [6.07, 6.45) is 7.53. The summed E-state index contributed by atoms with van der Waals surface area (Å²) < 4.78 is 5.18. The number of piperazine rings is 1. The number of aromatic nitrogens is 2. The Hall–Kier alpha value is -2.90. The van der Waals surface area contributed by atoms with Crippen molar-refractivity contribution in [2.24, 2.45) is 0 Å². The maximum absolute atomic E-state index is 12.4. The number of nitrogens with one attached hydrogen (secondary N) is 1. The molecule has 8 heteroatoms. The monoisotopic (exact) mass is 369 g/mol. The molecule has 0 spiro atoms. The lowest BCUT2D eigenvalue weighted by molar-refractivity contribution is 0.0714. The van der Waals surface area contributed by atoms with Gasteiger partial charge in [0.25, 0.3) is 11.8 Å². The minimum atomic E-state index is -0.141. The molecule has 2 fully saturated rings. The van der Waals surface area contributed by atoms with E-state index < -0.39 is 0 Å². The van der Waals surface area contributed by atoms with Crippen molar-refractivity contribution in [1.82, 2.24) is 20.2 Å². The van der Waals surface area contributed by atoms with Crippen LogP contribution in [0.4, 0.5) is 5.95 Å². The van der Waals surface area contributed by atoms with E-state index in [9.17, 15) is 9.59 Å². The first-order valence-electron chi connectivity index (χ1n) is 9.42. The molecule has 4 rings (SSSR count). The van der Waals surface area contributed by atoms with Crippen molar-refractivity contribution in [3.8, 4) is 0 Å². The molecule has 3 heterocycles. The molecule has 0 unspecified atom stereocenters. The second-order valence-corrected chi connectivity index (χ2v) is 6.95. The molecular weight excluding hydrogens is 346 g/mol. The minimum Gasteiger partial charge on any atom is -0.459 e. The van der Waals surface area contributed by atoms with Gasteiger partial charge in [-0.15, -0.1) is 0 Å². The molecular formula is C19H23N5O3. The highest BCUT2D eigenvalue weighted by molar-refractivity contribution is 5.93. The Labute approximate surface area is 157 Å². The van der Waals surface area contributed by atoms with Gasteiger partial charge in [0.1, 0.15) is 5.69 Å². The number of hydrogen-bond donors (Lipinski definition) is 1. The molecule has 1 aliphatic carbocycles. The fraction of sp³-hybridized carbons (Fsp3) is 0.474. The molecule has 0 bridgehead atoms. The van der Waals surface area contributed by atoms with Gasteiger partial charge >= 0.3 is 0 Å². The molecule has 1 N–H and O–H groups in total. The van der Waals surface area contributed by atoms with E-state index in [1.807, 2.05) is 4.90 Å². The van der Waals surface area contributed by atoms with E-state index in [0.29, 0.717) is 43.6 Å². The van der Waals surface area contributed by atoms with E-state index in [0.717, 1.165) is 12.8 Å². The SMILES string of the molecule is O=C(NC1CCCC1)c1ccnc(N2CCN(C(=O)c3ccco3)CC2)n1. The number of rotatable bonds is 4. The highest BCUT2D eigenvalue weighted by Crippen LogP contribution is 2.18. The van der Waals surface area contributed by atoms with Crippen molar-refractivity contribution in [1.29, 1.82) is 0 Å². The van der Waals surface area contributed by atoms with Crippen LogP contribution in [-0.4, -0.2) is 58.9 Å². The summed E-state index contributed by atoms with van der Waals surface area (Å²) in [6, 6.07) is 5.28. The summed E-state index contributed by atoms with van der Waals surface area (Å²) in [6.45, 7) is 2.34. The quantitative estimate of drug-likeness (QED) is 0.882. The molecule has 2 amide bonds. The number of hydrogen-bond acceptors (Lipinski definition) is 6. The number of anilines is 1. The van der Waals surface area contributed by atoms with Gasteiger partial charge in [0.05, 0.1) is 6.26 Å². The molecule has 0 aromatic carbocycles. The van der Waals surface area contributed by atoms with Gasteiger partial charge in [-0.3, -0.25) is 9.59 Å². The number of carbonyl (C=O) groups is 2. The fourth-order valence-corrected chi connectivity index (χ4v) is 3.62. The van der Waals surface area contributed by atoms with Crippen molar-refractivity contribution in [3.05, 3.63) is 42.1 Å². The maximum atomic E-state index is 12.4. The zero-order chi connectivity index (χ0) is 18.6. The van der Waals surface area contributed by atoms with Crippen LogP contribution in [0.5, 0.6) is 0 Å². The van der Waals surface area contributed by atoms with Crippen LogP contribution in [0.3, 0.4) is 0 Å². The third-order valence-corrected chi connectivity index (χ3v) is 5.15. The van der Waals surface area contributed by atoms with E-state index in [1.54, 1.807) is 29.3 Å². The lowest BCUT2D eigenvalue weighted by atomic mass is 10.2. The number of carbonyl (C=O) groups excluding carboxylic acids is 2. The lowest BCUT2D eigenvalue weighted by Crippen LogP contribution is -2.49. The molecule has 1 saturated heterocycles. The van der Waals surface area contributed by atoms with Gasteiger partial charge in [-0.05, 0) is 31.0 Å². The summed E-state index contributed by atoms with van der Waals surface area (Å²) in [5.41, 5.74) is 0.390. The minimum absolute atomic E-state index is 0.106. The largest absolute Gasteiger partial charge is 0.459 e. The second-order valence-electron chi connectivity index (χ2n) is 6.95. The van der Waals surface area contributed by atoms with Gasteiger partial charge < -0.3 is 19.5 Å². The van der Waals surface area contributed by atoms with Crippen molar-refractivity contribution in [2.75, 3.05) is 31.1 Å². The third kappa shape index (κ3) is 3.94. The average Bonchev–Trinajstić information content (AvgIpc) is 3.42.